The van der Waals surface area contributed by atoms with Crippen molar-refractivity contribution in [3.05, 3.63) is 29.3 Å². The van der Waals surface area contributed by atoms with Gasteiger partial charge in [0.15, 0.2) is 0 Å². The number of ether oxygens (including phenoxy) is 1. The molecule has 3 aliphatic heterocycles. The maximum absolute atomic E-state index is 13.3. The first-order chi connectivity index (χ1) is 16.1. The molecule has 2 fully saturated rings. The number of morpholine rings is 1. The number of anilines is 1. The van der Waals surface area contributed by atoms with Gasteiger partial charge in [-0.1, -0.05) is 13.8 Å². The molecule has 2 atom stereocenters. The van der Waals surface area contributed by atoms with E-state index in [1.165, 1.54) is 12.1 Å². The number of alkyl halides is 3. The lowest BCUT2D eigenvalue weighted by Crippen LogP contribution is -2.62. The molecular formula is C24H33F3N4O3. The molecule has 3 aliphatic rings. The molecule has 0 bridgehead atoms. The molecule has 0 spiro atoms. The van der Waals surface area contributed by atoms with Crippen LogP contribution in [-0.2, 0) is 26.9 Å². The largest absolute Gasteiger partial charge is 0.416 e. The summed E-state index contributed by atoms with van der Waals surface area (Å²) in [5.41, 5.74) is 0.611. The lowest BCUT2D eigenvalue weighted by atomic mass is 9.82. The molecule has 1 aromatic carbocycles. The van der Waals surface area contributed by atoms with Gasteiger partial charge in [0.25, 0.3) is 0 Å². The molecule has 0 unspecified atom stereocenters. The lowest BCUT2D eigenvalue weighted by molar-refractivity contribution is -0.138. The molecule has 0 saturated carbocycles. The number of halogens is 3. The quantitative estimate of drug-likeness (QED) is 0.696. The average Bonchev–Trinajstić information content (AvgIpc) is 2.81. The van der Waals surface area contributed by atoms with Crippen molar-refractivity contribution in [3.8, 4) is 0 Å². The Morgan fingerprint density at radius 2 is 1.88 bits per heavy atom. The summed E-state index contributed by atoms with van der Waals surface area (Å²) in [6.07, 6.45) is -4.19. The molecule has 7 nitrogen and oxygen atoms in total. The average molecular weight is 483 g/mol. The van der Waals surface area contributed by atoms with Crippen LogP contribution < -0.4 is 10.2 Å². The Morgan fingerprint density at radius 1 is 1.15 bits per heavy atom. The third-order valence-electron chi connectivity index (χ3n) is 6.87. The van der Waals surface area contributed by atoms with Crippen molar-refractivity contribution in [2.75, 3.05) is 63.9 Å². The van der Waals surface area contributed by atoms with E-state index in [1.807, 2.05) is 13.8 Å². The number of nitrogens with zero attached hydrogens (tertiary/aromatic N) is 3. The van der Waals surface area contributed by atoms with Gasteiger partial charge in [-0.05, 0) is 36.1 Å². The second-order valence-electron chi connectivity index (χ2n) is 9.78. The highest BCUT2D eigenvalue weighted by Crippen LogP contribution is 2.39. The van der Waals surface area contributed by atoms with E-state index in [2.05, 4.69) is 15.1 Å². The fourth-order valence-corrected chi connectivity index (χ4v) is 5.04. The van der Waals surface area contributed by atoms with E-state index in [9.17, 15) is 22.8 Å². The third kappa shape index (κ3) is 5.49. The smallest absolute Gasteiger partial charge is 0.378 e. The Hall–Kier alpha value is -2.33. The second kappa shape index (κ2) is 10.1. The number of carbonyl (C=O) groups excluding carboxylic acids is 2. The molecule has 10 heteroatoms. The minimum Gasteiger partial charge on any atom is -0.378 e. The van der Waals surface area contributed by atoms with Gasteiger partial charge in [0.05, 0.1) is 37.3 Å². The zero-order chi connectivity index (χ0) is 24.5. The normalized spacial score (nSPS) is 23.5. The van der Waals surface area contributed by atoms with Crippen LogP contribution >= 0.6 is 0 Å². The number of carbonyl (C=O) groups is 2. The maximum atomic E-state index is 13.3. The highest BCUT2D eigenvalue weighted by molar-refractivity contribution is 5.82. The van der Waals surface area contributed by atoms with E-state index in [-0.39, 0.29) is 36.7 Å². The molecule has 188 valence electrons. The zero-order valence-corrected chi connectivity index (χ0v) is 19.7. The van der Waals surface area contributed by atoms with Gasteiger partial charge in [-0.2, -0.15) is 13.2 Å². The SMILES string of the molecule is CC(C)CNC(=O)[C@@H]1Cc2cc(C(F)(F)F)ccc2N2CCN(CC(=O)N3CCOCC3)C[C@H]12. The Balaban J connectivity index is 1.54. The summed E-state index contributed by atoms with van der Waals surface area (Å²) in [5, 5.41) is 2.97. The fraction of sp³-hybridized carbons (Fsp3) is 0.667. The predicted octanol–water partition coefficient (Wildman–Crippen LogP) is 2.00. The highest BCUT2D eigenvalue weighted by atomic mass is 19.4. The van der Waals surface area contributed by atoms with Crippen molar-refractivity contribution >= 4 is 17.5 Å². The van der Waals surface area contributed by atoms with Gasteiger partial charge in [0.1, 0.15) is 0 Å². The number of benzene rings is 1. The van der Waals surface area contributed by atoms with Crippen molar-refractivity contribution in [2.45, 2.75) is 32.5 Å². The topological polar surface area (TPSA) is 65.1 Å². The van der Waals surface area contributed by atoms with E-state index < -0.39 is 17.7 Å². The van der Waals surface area contributed by atoms with Crippen molar-refractivity contribution in [1.82, 2.24) is 15.1 Å². The van der Waals surface area contributed by atoms with Gasteiger partial charge >= 0.3 is 6.18 Å². The fourth-order valence-electron chi connectivity index (χ4n) is 5.04. The molecule has 2 amide bonds. The van der Waals surface area contributed by atoms with Crippen LogP contribution in [0.3, 0.4) is 0 Å². The van der Waals surface area contributed by atoms with E-state index >= 15 is 0 Å². The minimum absolute atomic E-state index is 0.0450. The summed E-state index contributed by atoms with van der Waals surface area (Å²) in [4.78, 5) is 31.9. The van der Waals surface area contributed by atoms with E-state index in [0.717, 1.165) is 11.8 Å². The molecule has 0 radical (unpaired) electrons. The molecular weight excluding hydrogens is 449 g/mol. The van der Waals surface area contributed by atoms with Gasteiger partial charge in [0.2, 0.25) is 11.8 Å². The predicted molar refractivity (Wildman–Crippen MR) is 121 cm³/mol. The summed E-state index contributed by atoms with van der Waals surface area (Å²) >= 11 is 0. The summed E-state index contributed by atoms with van der Waals surface area (Å²) in [7, 11) is 0. The number of nitrogens with one attached hydrogen (secondary N) is 1. The molecule has 2 saturated heterocycles. The number of hydrogen-bond acceptors (Lipinski definition) is 5. The maximum Gasteiger partial charge on any atom is 0.416 e. The van der Waals surface area contributed by atoms with E-state index in [4.69, 9.17) is 4.74 Å². The highest BCUT2D eigenvalue weighted by Gasteiger charge is 2.43. The van der Waals surface area contributed by atoms with Crippen molar-refractivity contribution in [2.24, 2.45) is 11.8 Å². The number of fused-ring (bicyclic) bond motifs is 3. The van der Waals surface area contributed by atoms with E-state index in [1.54, 1.807) is 4.90 Å². The first-order valence-corrected chi connectivity index (χ1v) is 12.0. The van der Waals surface area contributed by atoms with Gasteiger partial charge in [-0.3, -0.25) is 14.5 Å². The molecule has 1 N–H and O–H groups in total. The van der Waals surface area contributed by atoms with Crippen LogP contribution in [-0.4, -0.2) is 86.7 Å². The molecule has 1 aromatic rings. The van der Waals surface area contributed by atoms with Crippen molar-refractivity contribution < 1.29 is 27.5 Å². The standard InChI is InChI=1S/C24H33F3N4O3/c1-16(2)13-28-23(33)19-12-17-11-18(24(25,26)27)3-4-20(17)31-6-5-29(14-21(19)31)15-22(32)30-7-9-34-10-8-30/h3-4,11,16,19,21H,5-10,12-15H2,1-2H3,(H,28,33)/t19-,21-/m1/s1. The number of rotatable bonds is 5. The summed E-state index contributed by atoms with van der Waals surface area (Å²) in [6, 6.07) is 3.62. The molecule has 0 aliphatic carbocycles. The summed E-state index contributed by atoms with van der Waals surface area (Å²) in [6.45, 7) is 8.68. The second-order valence-corrected chi connectivity index (χ2v) is 9.78. The molecule has 34 heavy (non-hydrogen) atoms. The van der Waals surface area contributed by atoms with Crippen LogP contribution in [0.5, 0.6) is 0 Å². The first kappa shape index (κ1) is 24.8. The Kier molecular flexibility index (Phi) is 7.37. The van der Waals surface area contributed by atoms with Crippen molar-refractivity contribution in [1.29, 1.82) is 0 Å². The zero-order valence-electron chi connectivity index (χ0n) is 19.7. The van der Waals surface area contributed by atoms with E-state index in [0.29, 0.717) is 58.0 Å². The van der Waals surface area contributed by atoms with Gasteiger partial charge < -0.3 is 19.9 Å². The van der Waals surface area contributed by atoms with Crippen LogP contribution in [0.2, 0.25) is 0 Å². The van der Waals surface area contributed by atoms with Crippen LogP contribution in [0.1, 0.15) is 25.0 Å². The molecule has 3 heterocycles. The van der Waals surface area contributed by atoms with Gasteiger partial charge in [-0.25, -0.2) is 0 Å². The van der Waals surface area contributed by atoms with Crippen LogP contribution in [0.4, 0.5) is 18.9 Å². The monoisotopic (exact) mass is 482 g/mol. The van der Waals surface area contributed by atoms with Crippen LogP contribution in [0.15, 0.2) is 18.2 Å². The third-order valence-corrected chi connectivity index (χ3v) is 6.87. The van der Waals surface area contributed by atoms with Crippen LogP contribution in [0.25, 0.3) is 0 Å². The molecule has 0 aromatic heterocycles. The summed E-state index contributed by atoms with van der Waals surface area (Å²) < 4.78 is 45.3. The van der Waals surface area contributed by atoms with Gasteiger partial charge in [0, 0.05) is 45.0 Å². The lowest BCUT2D eigenvalue weighted by Gasteiger charge is -2.49. The minimum atomic E-state index is -4.43. The number of piperazine rings is 1. The Labute approximate surface area is 198 Å². The Morgan fingerprint density at radius 3 is 2.56 bits per heavy atom. The summed E-state index contributed by atoms with van der Waals surface area (Å²) in [5.74, 6) is -0.325. The number of hydrogen-bond donors (Lipinski definition) is 1. The first-order valence-electron chi connectivity index (χ1n) is 12.0. The van der Waals surface area contributed by atoms with Gasteiger partial charge in [-0.15, -0.1) is 0 Å². The van der Waals surface area contributed by atoms with Crippen LogP contribution in [0, 0.1) is 11.8 Å². The number of amides is 2. The Bertz CT molecular complexity index is 902. The van der Waals surface area contributed by atoms with Crippen molar-refractivity contribution in [3.63, 3.8) is 0 Å². The molecule has 4 rings (SSSR count).